The van der Waals surface area contributed by atoms with Gasteiger partial charge in [0.05, 0.1) is 5.52 Å². The number of para-hydroxylation sites is 1. The molecule has 0 bridgehead atoms. The van der Waals surface area contributed by atoms with Crippen molar-refractivity contribution in [1.82, 2.24) is 9.38 Å². The summed E-state index contributed by atoms with van der Waals surface area (Å²) in [6, 6.07) is 14.8. The molecule has 6 nitrogen and oxygen atoms in total. The van der Waals surface area contributed by atoms with Gasteiger partial charge in [-0.1, -0.05) is 17.3 Å². The standard InChI is InChI=1S/C20H19N3O3/c1-20(2,3)26-22-15-11-18(25-17-7-5-4-6-14(15)17)16-10-13-8-9-19(24)23(13)12-21-16/h4-12,24H,1-3H3. The summed E-state index contributed by atoms with van der Waals surface area (Å²) < 4.78 is 7.62. The summed E-state index contributed by atoms with van der Waals surface area (Å²) >= 11 is 0. The fraction of sp³-hybridized carbons (Fsp3) is 0.200. The van der Waals surface area contributed by atoms with Crippen LogP contribution in [-0.2, 0) is 4.84 Å². The molecule has 1 aromatic carbocycles. The van der Waals surface area contributed by atoms with Crippen LogP contribution in [0.15, 0.2) is 64.4 Å². The van der Waals surface area contributed by atoms with Crippen molar-refractivity contribution in [3.05, 3.63) is 60.2 Å². The van der Waals surface area contributed by atoms with Crippen LogP contribution in [-0.4, -0.2) is 20.1 Å². The van der Waals surface area contributed by atoms with E-state index >= 15 is 0 Å². The first-order valence-corrected chi connectivity index (χ1v) is 8.32. The fourth-order valence-corrected chi connectivity index (χ4v) is 2.63. The van der Waals surface area contributed by atoms with Crippen LogP contribution in [0.5, 0.6) is 5.88 Å². The van der Waals surface area contributed by atoms with E-state index in [0.29, 0.717) is 22.4 Å². The summed E-state index contributed by atoms with van der Waals surface area (Å²) in [5.74, 6) is 0.715. The number of aromatic hydroxyl groups is 1. The Balaban J connectivity index is 1.91. The Labute approximate surface area is 150 Å². The topological polar surface area (TPSA) is 72.3 Å². The van der Waals surface area contributed by atoms with Crippen molar-refractivity contribution >= 4 is 16.5 Å². The highest BCUT2D eigenvalue weighted by Gasteiger charge is 2.12. The molecule has 0 aliphatic heterocycles. The van der Waals surface area contributed by atoms with E-state index in [2.05, 4.69) is 10.1 Å². The maximum Gasteiger partial charge on any atom is 0.196 e. The van der Waals surface area contributed by atoms with E-state index in [4.69, 9.17) is 9.25 Å². The summed E-state index contributed by atoms with van der Waals surface area (Å²) in [5.41, 5.74) is 1.77. The molecule has 0 fully saturated rings. The van der Waals surface area contributed by atoms with Crippen LogP contribution in [0, 0.1) is 0 Å². The second-order valence-electron chi connectivity index (χ2n) is 7.05. The van der Waals surface area contributed by atoms with Gasteiger partial charge >= 0.3 is 0 Å². The van der Waals surface area contributed by atoms with Gasteiger partial charge in [0.15, 0.2) is 11.6 Å². The van der Waals surface area contributed by atoms with Crippen molar-refractivity contribution in [1.29, 1.82) is 0 Å². The zero-order valence-electron chi connectivity index (χ0n) is 14.8. The highest BCUT2D eigenvalue weighted by molar-refractivity contribution is 5.78. The molecule has 26 heavy (non-hydrogen) atoms. The van der Waals surface area contributed by atoms with Crippen molar-refractivity contribution in [3.8, 4) is 17.3 Å². The van der Waals surface area contributed by atoms with Crippen LogP contribution in [0.25, 0.3) is 27.9 Å². The number of fused-ring (bicyclic) bond motifs is 2. The Morgan fingerprint density at radius 3 is 2.73 bits per heavy atom. The largest absolute Gasteiger partial charge is 0.494 e. The van der Waals surface area contributed by atoms with E-state index in [9.17, 15) is 5.11 Å². The number of nitrogens with zero attached hydrogens (tertiary/aromatic N) is 3. The second kappa shape index (κ2) is 5.91. The van der Waals surface area contributed by atoms with Crippen LogP contribution in [0.2, 0.25) is 0 Å². The van der Waals surface area contributed by atoms with Gasteiger partial charge in [0.25, 0.3) is 0 Å². The molecular weight excluding hydrogens is 330 g/mol. The van der Waals surface area contributed by atoms with E-state index in [1.807, 2.05) is 63.2 Å². The molecule has 4 aromatic rings. The maximum absolute atomic E-state index is 9.77. The SMILES string of the molecule is CC(C)(C)ON=c1cc(-c2cc3ccc(O)n3cn2)oc2ccccc12. The van der Waals surface area contributed by atoms with Crippen molar-refractivity contribution in [2.24, 2.45) is 5.16 Å². The number of rotatable bonds is 2. The van der Waals surface area contributed by atoms with Crippen molar-refractivity contribution in [2.75, 3.05) is 0 Å². The van der Waals surface area contributed by atoms with Crippen LogP contribution in [0.4, 0.5) is 0 Å². The molecule has 4 rings (SSSR count). The van der Waals surface area contributed by atoms with E-state index in [1.54, 1.807) is 16.8 Å². The normalized spacial score (nSPS) is 12.8. The van der Waals surface area contributed by atoms with E-state index in [-0.39, 0.29) is 5.88 Å². The average Bonchev–Trinajstić information content (AvgIpc) is 2.99. The Bertz CT molecular complexity index is 1170. The van der Waals surface area contributed by atoms with Crippen LogP contribution in [0.3, 0.4) is 0 Å². The van der Waals surface area contributed by atoms with Gasteiger partial charge in [-0.2, -0.15) is 0 Å². The van der Waals surface area contributed by atoms with Crippen molar-refractivity contribution in [3.63, 3.8) is 0 Å². The number of benzene rings is 1. The Morgan fingerprint density at radius 2 is 1.92 bits per heavy atom. The smallest absolute Gasteiger partial charge is 0.196 e. The molecule has 0 aliphatic rings. The third-order valence-electron chi connectivity index (χ3n) is 3.85. The predicted octanol–water partition coefficient (Wildman–Crippen LogP) is 4.08. The molecular formula is C20H19N3O3. The molecule has 0 unspecified atom stereocenters. The summed E-state index contributed by atoms with van der Waals surface area (Å²) in [6.45, 7) is 5.84. The fourth-order valence-electron chi connectivity index (χ4n) is 2.63. The minimum absolute atomic E-state index is 0.142. The molecule has 0 saturated carbocycles. The minimum atomic E-state index is -0.394. The van der Waals surface area contributed by atoms with Crippen LogP contribution >= 0.6 is 0 Å². The van der Waals surface area contributed by atoms with Gasteiger partial charge in [0.2, 0.25) is 0 Å². The minimum Gasteiger partial charge on any atom is -0.494 e. The Morgan fingerprint density at radius 1 is 1.12 bits per heavy atom. The van der Waals surface area contributed by atoms with Gasteiger partial charge < -0.3 is 14.4 Å². The predicted molar refractivity (Wildman–Crippen MR) is 98.5 cm³/mol. The van der Waals surface area contributed by atoms with E-state index in [1.165, 1.54) is 0 Å². The molecule has 0 aliphatic carbocycles. The lowest BCUT2D eigenvalue weighted by Crippen LogP contribution is -2.18. The molecule has 3 aromatic heterocycles. The monoisotopic (exact) mass is 349 g/mol. The number of aromatic nitrogens is 2. The van der Waals surface area contributed by atoms with Gasteiger partial charge in [-0.25, -0.2) is 4.98 Å². The lowest BCUT2D eigenvalue weighted by molar-refractivity contribution is -0.00585. The number of hydrogen-bond acceptors (Lipinski definition) is 5. The molecule has 1 N–H and O–H groups in total. The molecule has 132 valence electrons. The van der Waals surface area contributed by atoms with Gasteiger partial charge in [0.1, 0.15) is 28.6 Å². The third kappa shape index (κ3) is 3.01. The van der Waals surface area contributed by atoms with Gasteiger partial charge in [-0.3, -0.25) is 4.40 Å². The zero-order valence-corrected chi connectivity index (χ0v) is 14.8. The first kappa shape index (κ1) is 16.2. The third-order valence-corrected chi connectivity index (χ3v) is 3.85. The summed E-state index contributed by atoms with van der Waals surface area (Å²) in [4.78, 5) is 10.0. The van der Waals surface area contributed by atoms with E-state index < -0.39 is 5.60 Å². The summed E-state index contributed by atoms with van der Waals surface area (Å²) in [7, 11) is 0. The highest BCUT2D eigenvalue weighted by atomic mass is 16.6. The van der Waals surface area contributed by atoms with Gasteiger partial charge in [0, 0.05) is 17.5 Å². The molecule has 3 heterocycles. The second-order valence-corrected chi connectivity index (χ2v) is 7.05. The molecule has 0 spiro atoms. The van der Waals surface area contributed by atoms with Crippen LogP contribution in [0.1, 0.15) is 20.8 Å². The summed E-state index contributed by atoms with van der Waals surface area (Å²) in [5, 5.41) is 15.6. The van der Waals surface area contributed by atoms with Crippen molar-refractivity contribution in [2.45, 2.75) is 26.4 Å². The average molecular weight is 349 g/mol. The van der Waals surface area contributed by atoms with Crippen LogP contribution < -0.4 is 5.36 Å². The lowest BCUT2D eigenvalue weighted by atomic mass is 10.2. The molecule has 0 atom stereocenters. The quantitative estimate of drug-likeness (QED) is 0.553. The number of hydrogen-bond donors (Lipinski definition) is 1. The van der Waals surface area contributed by atoms with Crippen molar-refractivity contribution < 1.29 is 14.4 Å². The van der Waals surface area contributed by atoms with E-state index in [0.717, 1.165) is 10.9 Å². The Hall–Kier alpha value is -3.28. The lowest BCUT2D eigenvalue weighted by Gasteiger charge is -2.15. The molecule has 6 heteroatoms. The zero-order chi connectivity index (χ0) is 18.3. The summed E-state index contributed by atoms with van der Waals surface area (Å²) in [6.07, 6.45) is 1.56. The maximum atomic E-state index is 9.77. The first-order chi connectivity index (χ1) is 12.4. The molecule has 0 radical (unpaired) electrons. The molecule has 0 amide bonds. The van der Waals surface area contributed by atoms with Gasteiger partial charge in [-0.15, -0.1) is 0 Å². The Kier molecular flexibility index (Phi) is 3.68. The first-order valence-electron chi connectivity index (χ1n) is 8.32. The highest BCUT2D eigenvalue weighted by Crippen LogP contribution is 2.24. The molecule has 0 saturated heterocycles. The van der Waals surface area contributed by atoms with Gasteiger partial charge in [-0.05, 0) is 45.0 Å².